The first kappa shape index (κ1) is 25.1. The van der Waals surface area contributed by atoms with E-state index >= 15 is 0 Å². The molecule has 0 amide bonds. The molecule has 1 aromatic heterocycles. The Kier molecular flexibility index (Phi) is 7.87. The van der Waals surface area contributed by atoms with Crippen LogP contribution in [-0.2, 0) is 10.0 Å². The van der Waals surface area contributed by atoms with E-state index in [-0.39, 0.29) is 16.5 Å². The van der Waals surface area contributed by atoms with Gasteiger partial charge in [-0.05, 0) is 42.5 Å². The minimum absolute atomic E-state index is 0.0798. The molecule has 11 nitrogen and oxygen atoms in total. The van der Waals surface area contributed by atoms with Gasteiger partial charge in [0, 0.05) is 23.8 Å². The van der Waals surface area contributed by atoms with Gasteiger partial charge in [-0.1, -0.05) is 25.4 Å². The van der Waals surface area contributed by atoms with Crippen molar-refractivity contribution < 1.29 is 18.1 Å². The fourth-order valence-corrected chi connectivity index (χ4v) is 4.83. The number of benzene rings is 2. The van der Waals surface area contributed by atoms with Crippen LogP contribution in [-0.4, -0.2) is 47.8 Å². The molecule has 180 valence electrons. The molecule has 1 heterocycles. The lowest BCUT2D eigenvalue weighted by molar-refractivity contribution is -0.383. The quantitative estimate of drug-likeness (QED) is 0.299. The zero-order valence-corrected chi connectivity index (χ0v) is 20.2. The van der Waals surface area contributed by atoms with Crippen LogP contribution in [0.25, 0.3) is 0 Å². The summed E-state index contributed by atoms with van der Waals surface area (Å²) in [5.41, 5.74) is 0.379. The van der Waals surface area contributed by atoms with Crippen LogP contribution in [0, 0.1) is 10.1 Å². The Balaban J connectivity index is 1.93. The number of nitro groups is 1. The molecule has 2 N–H and O–H groups in total. The van der Waals surface area contributed by atoms with E-state index in [0.717, 1.165) is 6.33 Å². The molecule has 34 heavy (non-hydrogen) atoms. The van der Waals surface area contributed by atoms with E-state index in [2.05, 4.69) is 20.6 Å². The maximum absolute atomic E-state index is 12.7. The maximum atomic E-state index is 12.7. The molecular formula is C21H23ClN6O5S. The highest BCUT2D eigenvalue weighted by molar-refractivity contribution is 7.89. The molecule has 0 bridgehead atoms. The van der Waals surface area contributed by atoms with Crippen molar-refractivity contribution in [3.63, 3.8) is 0 Å². The minimum Gasteiger partial charge on any atom is -0.495 e. The smallest absolute Gasteiger partial charge is 0.353 e. The van der Waals surface area contributed by atoms with E-state index in [9.17, 15) is 18.5 Å². The zero-order valence-electron chi connectivity index (χ0n) is 18.6. The molecule has 0 saturated carbocycles. The summed E-state index contributed by atoms with van der Waals surface area (Å²) in [6.45, 7) is 4.21. The fourth-order valence-electron chi connectivity index (χ4n) is 3.20. The van der Waals surface area contributed by atoms with Gasteiger partial charge in [-0.3, -0.25) is 10.1 Å². The highest BCUT2D eigenvalue weighted by Gasteiger charge is 2.25. The molecule has 0 fully saturated rings. The van der Waals surface area contributed by atoms with Crippen molar-refractivity contribution in [2.75, 3.05) is 30.8 Å². The van der Waals surface area contributed by atoms with Crippen molar-refractivity contribution in [3.05, 3.63) is 63.9 Å². The van der Waals surface area contributed by atoms with Gasteiger partial charge in [-0.2, -0.15) is 4.31 Å². The second-order valence-corrected chi connectivity index (χ2v) is 9.26. The van der Waals surface area contributed by atoms with Crippen molar-refractivity contribution >= 4 is 50.3 Å². The number of hydrogen-bond acceptors (Lipinski definition) is 9. The molecule has 0 spiro atoms. The van der Waals surface area contributed by atoms with Gasteiger partial charge in [0.1, 0.15) is 12.1 Å². The van der Waals surface area contributed by atoms with Gasteiger partial charge >= 0.3 is 5.69 Å². The predicted octanol–water partition coefficient (Wildman–Crippen LogP) is 4.56. The zero-order chi connectivity index (χ0) is 24.9. The Morgan fingerprint density at radius 1 is 1.06 bits per heavy atom. The normalized spacial score (nSPS) is 11.3. The Morgan fingerprint density at radius 2 is 1.68 bits per heavy atom. The van der Waals surface area contributed by atoms with Gasteiger partial charge < -0.3 is 15.4 Å². The second-order valence-electron chi connectivity index (χ2n) is 6.88. The van der Waals surface area contributed by atoms with Crippen LogP contribution in [0.1, 0.15) is 13.8 Å². The standard InChI is InChI=1S/C21H23ClN6O5S/c1-4-27(5-2)34(31,32)16-9-7-15(8-10-16)25-20-19(28(29)30)21(24-13-23-20)26-17-12-14(22)6-11-18(17)33-3/h6-13H,4-5H2,1-3H3,(H2,23,24,25,26). The highest BCUT2D eigenvalue weighted by Crippen LogP contribution is 2.36. The highest BCUT2D eigenvalue weighted by atomic mass is 35.5. The molecule has 0 saturated heterocycles. The van der Waals surface area contributed by atoms with Gasteiger partial charge in [-0.25, -0.2) is 18.4 Å². The summed E-state index contributed by atoms with van der Waals surface area (Å²) < 4.78 is 31.9. The average Bonchev–Trinajstić information content (AvgIpc) is 2.80. The summed E-state index contributed by atoms with van der Waals surface area (Å²) >= 11 is 6.04. The lowest BCUT2D eigenvalue weighted by Gasteiger charge is -2.18. The summed E-state index contributed by atoms with van der Waals surface area (Å²) in [7, 11) is -2.17. The summed E-state index contributed by atoms with van der Waals surface area (Å²) in [5, 5.41) is 18.0. The van der Waals surface area contributed by atoms with Gasteiger partial charge in [0.05, 0.1) is 22.6 Å². The number of sulfonamides is 1. The molecule has 3 aromatic rings. The first-order chi connectivity index (χ1) is 16.2. The number of nitrogens with one attached hydrogen (secondary N) is 2. The van der Waals surface area contributed by atoms with Gasteiger partial charge in [0.25, 0.3) is 0 Å². The lowest BCUT2D eigenvalue weighted by atomic mass is 10.2. The van der Waals surface area contributed by atoms with E-state index < -0.39 is 20.6 Å². The van der Waals surface area contributed by atoms with Crippen LogP contribution in [0.15, 0.2) is 53.7 Å². The van der Waals surface area contributed by atoms with E-state index in [4.69, 9.17) is 16.3 Å². The third-order valence-corrected chi connectivity index (χ3v) is 7.18. The molecule has 0 unspecified atom stereocenters. The predicted molar refractivity (Wildman–Crippen MR) is 130 cm³/mol. The van der Waals surface area contributed by atoms with E-state index in [0.29, 0.717) is 35.2 Å². The third kappa shape index (κ3) is 5.35. The number of nitrogens with zero attached hydrogens (tertiary/aromatic N) is 4. The molecule has 3 rings (SSSR count). The topological polar surface area (TPSA) is 140 Å². The molecule has 2 aromatic carbocycles. The summed E-state index contributed by atoms with van der Waals surface area (Å²) in [4.78, 5) is 19.4. The Morgan fingerprint density at radius 3 is 2.24 bits per heavy atom. The van der Waals surface area contributed by atoms with E-state index in [1.54, 1.807) is 32.0 Å². The van der Waals surface area contributed by atoms with Gasteiger partial charge in [0.15, 0.2) is 0 Å². The van der Waals surface area contributed by atoms with E-state index in [1.807, 2.05) is 0 Å². The largest absolute Gasteiger partial charge is 0.495 e. The Bertz CT molecular complexity index is 1280. The number of aromatic nitrogens is 2. The van der Waals surface area contributed by atoms with Crippen LogP contribution >= 0.6 is 11.6 Å². The van der Waals surface area contributed by atoms with Crippen LogP contribution in [0.5, 0.6) is 5.75 Å². The van der Waals surface area contributed by atoms with Crippen molar-refractivity contribution in [2.24, 2.45) is 0 Å². The molecule has 0 aliphatic carbocycles. The summed E-state index contributed by atoms with van der Waals surface area (Å²) in [6.07, 6.45) is 1.16. The lowest BCUT2D eigenvalue weighted by Crippen LogP contribution is -2.30. The summed E-state index contributed by atoms with van der Waals surface area (Å²) in [6, 6.07) is 10.7. The van der Waals surface area contributed by atoms with Crippen molar-refractivity contribution in [1.29, 1.82) is 0 Å². The number of ether oxygens (including phenoxy) is 1. The number of rotatable bonds is 10. The molecule has 13 heteroatoms. The maximum Gasteiger partial charge on any atom is 0.353 e. The second kappa shape index (κ2) is 10.6. The molecule has 0 aliphatic heterocycles. The minimum atomic E-state index is -3.62. The molecule has 0 radical (unpaired) electrons. The molecule has 0 atom stereocenters. The van der Waals surface area contributed by atoms with Crippen LogP contribution in [0.4, 0.5) is 28.7 Å². The van der Waals surface area contributed by atoms with Crippen LogP contribution < -0.4 is 15.4 Å². The van der Waals surface area contributed by atoms with Gasteiger partial charge in [-0.15, -0.1) is 0 Å². The molecule has 0 aliphatic rings. The van der Waals surface area contributed by atoms with Crippen LogP contribution in [0.3, 0.4) is 0 Å². The number of methoxy groups -OCH3 is 1. The SMILES string of the molecule is CCN(CC)S(=O)(=O)c1ccc(Nc2ncnc(Nc3cc(Cl)ccc3OC)c2[N+](=O)[O-])cc1. The Hall–Kier alpha value is -3.48. The number of hydrogen-bond donors (Lipinski definition) is 2. The van der Waals surface area contributed by atoms with Crippen molar-refractivity contribution in [2.45, 2.75) is 18.7 Å². The number of halogens is 1. The van der Waals surface area contributed by atoms with Crippen molar-refractivity contribution in [1.82, 2.24) is 14.3 Å². The van der Waals surface area contributed by atoms with Crippen LogP contribution in [0.2, 0.25) is 5.02 Å². The fraction of sp³-hybridized carbons (Fsp3) is 0.238. The molecular weight excluding hydrogens is 484 g/mol. The average molecular weight is 507 g/mol. The van der Waals surface area contributed by atoms with Gasteiger partial charge in [0.2, 0.25) is 21.7 Å². The number of anilines is 4. The third-order valence-electron chi connectivity index (χ3n) is 4.88. The first-order valence-corrected chi connectivity index (χ1v) is 12.0. The monoisotopic (exact) mass is 506 g/mol. The Labute approximate surface area is 201 Å². The summed E-state index contributed by atoms with van der Waals surface area (Å²) in [5.74, 6) is 0.253. The van der Waals surface area contributed by atoms with E-state index in [1.165, 1.54) is 35.7 Å². The first-order valence-electron chi connectivity index (χ1n) is 10.2. The van der Waals surface area contributed by atoms with Crippen molar-refractivity contribution in [3.8, 4) is 5.75 Å².